The van der Waals surface area contributed by atoms with Gasteiger partial charge in [0.25, 0.3) is 5.56 Å². The molecule has 168 valence electrons. The van der Waals surface area contributed by atoms with Gasteiger partial charge in [0.1, 0.15) is 6.04 Å². The highest BCUT2D eigenvalue weighted by atomic mass is 35.5. The first-order valence-corrected chi connectivity index (χ1v) is 9.49. The lowest BCUT2D eigenvalue weighted by Crippen LogP contribution is -2.39. The molecule has 12 heteroatoms. The van der Waals surface area contributed by atoms with Gasteiger partial charge in [0, 0.05) is 19.4 Å². The summed E-state index contributed by atoms with van der Waals surface area (Å²) in [5, 5.41) is 0. The minimum Gasteiger partial charge on any atom is -0.465 e. The summed E-state index contributed by atoms with van der Waals surface area (Å²) in [7, 11) is 0. The van der Waals surface area contributed by atoms with Gasteiger partial charge in [-0.05, 0) is 12.3 Å². The maximum absolute atomic E-state index is 12.1. The Kier molecular flexibility index (Phi) is 9.73. The minimum atomic E-state index is -0.703. The summed E-state index contributed by atoms with van der Waals surface area (Å²) in [4.78, 5) is 45.7. The third-order valence-electron chi connectivity index (χ3n) is 4.78. The number of ether oxygens (including phenoxy) is 2. The van der Waals surface area contributed by atoms with Crippen molar-refractivity contribution < 1.29 is 19.1 Å². The third kappa shape index (κ3) is 6.70. The van der Waals surface area contributed by atoms with Crippen LogP contribution in [0.3, 0.4) is 0 Å². The number of carbonyl (C=O) groups is 2. The van der Waals surface area contributed by atoms with Crippen LogP contribution in [0.4, 0.5) is 5.95 Å². The zero-order chi connectivity index (χ0) is 21.6. The third-order valence-corrected chi connectivity index (χ3v) is 4.78. The van der Waals surface area contributed by atoms with Crippen molar-refractivity contribution in [3.05, 3.63) is 16.7 Å². The first kappa shape index (κ1) is 25.4. The van der Waals surface area contributed by atoms with Crippen molar-refractivity contribution in [1.82, 2.24) is 19.5 Å². The molecule has 2 aromatic heterocycles. The molecule has 1 unspecified atom stereocenters. The van der Waals surface area contributed by atoms with E-state index in [0.717, 1.165) is 6.42 Å². The number of rotatable bonds is 10. The molecule has 0 aliphatic rings. The smallest absolute Gasteiger partial charge is 0.323 e. The van der Waals surface area contributed by atoms with Crippen LogP contribution in [0.25, 0.3) is 11.2 Å². The summed E-state index contributed by atoms with van der Waals surface area (Å²) in [6, 6.07) is -0.703. The first-order chi connectivity index (χ1) is 13.7. The fourth-order valence-electron chi connectivity index (χ4n) is 2.69. The number of hydrogen-bond donors (Lipinski definition) is 3. The van der Waals surface area contributed by atoms with Crippen molar-refractivity contribution in [3.63, 3.8) is 0 Å². The SMILES string of the molecule is CC[C@H](C)[C@H](N)C(=O)OCC(CCn1cnc2c(=O)[nH]c(N)nc21)COC(C)=O.Cl. The van der Waals surface area contributed by atoms with Gasteiger partial charge < -0.3 is 25.5 Å². The van der Waals surface area contributed by atoms with Crippen LogP contribution in [0, 0.1) is 11.8 Å². The molecule has 0 spiro atoms. The second-order valence-corrected chi connectivity index (χ2v) is 7.06. The lowest BCUT2D eigenvalue weighted by molar-refractivity contribution is -0.150. The number of nitrogen functional groups attached to an aromatic ring is 1. The molecule has 0 saturated carbocycles. The van der Waals surface area contributed by atoms with Crippen LogP contribution in [-0.4, -0.2) is 50.7 Å². The summed E-state index contributed by atoms with van der Waals surface area (Å²) < 4.78 is 12.1. The van der Waals surface area contributed by atoms with Gasteiger partial charge in [-0.1, -0.05) is 20.3 Å². The summed E-state index contributed by atoms with van der Waals surface area (Å²) in [5.74, 6) is -1.17. The molecule has 5 N–H and O–H groups in total. The van der Waals surface area contributed by atoms with E-state index in [1.807, 2.05) is 13.8 Å². The number of carbonyl (C=O) groups excluding carboxylic acids is 2. The van der Waals surface area contributed by atoms with Crippen LogP contribution in [0.2, 0.25) is 0 Å². The number of nitrogens with zero attached hydrogens (tertiary/aromatic N) is 3. The summed E-state index contributed by atoms with van der Waals surface area (Å²) in [5.41, 5.74) is 11.6. The maximum atomic E-state index is 12.1. The zero-order valence-electron chi connectivity index (χ0n) is 17.3. The highest BCUT2D eigenvalue weighted by molar-refractivity contribution is 5.85. The number of aryl methyl sites for hydroxylation is 1. The highest BCUT2D eigenvalue weighted by Crippen LogP contribution is 2.13. The Hall–Kier alpha value is -2.66. The Morgan fingerprint density at radius 2 is 1.97 bits per heavy atom. The fraction of sp³-hybridized carbons (Fsp3) is 0.611. The van der Waals surface area contributed by atoms with Crippen molar-refractivity contribution in [2.75, 3.05) is 18.9 Å². The molecule has 0 amide bonds. The predicted molar refractivity (Wildman–Crippen MR) is 113 cm³/mol. The molecular weight excluding hydrogens is 416 g/mol. The largest absolute Gasteiger partial charge is 0.465 e. The van der Waals surface area contributed by atoms with Gasteiger partial charge in [0.15, 0.2) is 11.2 Å². The average Bonchev–Trinajstić information content (AvgIpc) is 3.08. The number of aromatic nitrogens is 4. The Morgan fingerprint density at radius 3 is 2.60 bits per heavy atom. The average molecular weight is 445 g/mol. The van der Waals surface area contributed by atoms with E-state index >= 15 is 0 Å². The second-order valence-electron chi connectivity index (χ2n) is 7.06. The van der Waals surface area contributed by atoms with Gasteiger partial charge in [-0.15, -0.1) is 12.4 Å². The lowest BCUT2D eigenvalue weighted by atomic mass is 10.0. The Balaban J connectivity index is 0.00000450. The first-order valence-electron chi connectivity index (χ1n) is 9.49. The Labute approximate surface area is 179 Å². The van der Waals surface area contributed by atoms with Crippen molar-refractivity contribution in [2.24, 2.45) is 17.6 Å². The lowest BCUT2D eigenvalue weighted by Gasteiger charge is -2.20. The van der Waals surface area contributed by atoms with Crippen molar-refractivity contribution in [2.45, 2.75) is 46.2 Å². The number of imidazole rings is 1. The monoisotopic (exact) mass is 444 g/mol. The molecule has 2 heterocycles. The maximum Gasteiger partial charge on any atom is 0.323 e. The second kappa shape index (κ2) is 11.5. The normalized spacial score (nSPS) is 13.9. The topological polar surface area (TPSA) is 168 Å². The molecule has 0 saturated heterocycles. The van der Waals surface area contributed by atoms with E-state index in [-0.39, 0.29) is 48.9 Å². The number of anilines is 1. The Bertz CT molecular complexity index is 914. The molecule has 2 rings (SSSR count). The molecule has 0 radical (unpaired) electrons. The van der Waals surface area contributed by atoms with Gasteiger partial charge in [-0.2, -0.15) is 4.98 Å². The molecule has 0 aromatic carbocycles. The van der Waals surface area contributed by atoms with E-state index in [2.05, 4.69) is 15.0 Å². The van der Waals surface area contributed by atoms with Crippen LogP contribution in [0.5, 0.6) is 0 Å². The molecule has 0 aliphatic carbocycles. The molecule has 0 bridgehead atoms. The van der Waals surface area contributed by atoms with E-state index in [0.29, 0.717) is 18.6 Å². The number of nitrogens with two attached hydrogens (primary N) is 2. The van der Waals surface area contributed by atoms with E-state index in [1.54, 1.807) is 4.57 Å². The molecular formula is C18H29ClN6O5. The molecule has 30 heavy (non-hydrogen) atoms. The quantitative estimate of drug-likeness (QED) is 0.444. The number of nitrogens with one attached hydrogen (secondary N) is 1. The molecule has 3 atom stereocenters. The van der Waals surface area contributed by atoms with Crippen LogP contribution < -0.4 is 17.0 Å². The van der Waals surface area contributed by atoms with Gasteiger partial charge in [-0.25, -0.2) is 4.98 Å². The zero-order valence-corrected chi connectivity index (χ0v) is 18.1. The Morgan fingerprint density at radius 1 is 1.30 bits per heavy atom. The number of fused-ring (bicyclic) bond motifs is 1. The number of aromatic amines is 1. The molecule has 11 nitrogen and oxygen atoms in total. The van der Waals surface area contributed by atoms with Gasteiger partial charge >= 0.3 is 11.9 Å². The van der Waals surface area contributed by atoms with Crippen LogP contribution in [0.1, 0.15) is 33.6 Å². The van der Waals surface area contributed by atoms with Crippen LogP contribution in [0.15, 0.2) is 11.1 Å². The van der Waals surface area contributed by atoms with Gasteiger partial charge in [-0.3, -0.25) is 19.4 Å². The standard InChI is InChI=1S/C18H28N6O5.ClH/c1-4-10(2)13(19)17(27)29-8-12(7-28-11(3)25)5-6-24-9-21-14-15(24)22-18(20)23-16(14)26;/h9-10,12-13H,4-8,19H2,1-3H3,(H3,20,22,23,26);1H/t10-,12?,13-;/m0./s1. The fourth-order valence-corrected chi connectivity index (χ4v) is 2.69. The number of H-pyrrole nitrogens is 1. The van der Waals surface area contributed by atoms with Gasteiger partial charge in [0.2, 0.25) is 5.95 Å². The highest BCUT2D eigenvalue weighted by Gasteiger charge is 2.23. The predicted octanol–water partition coefficient (Wildman–Crippen LogP) is 0.610. The van der Waals surface area contributed by atoms with Crippen LogP contribution in [-0.2, 0) is 25.6 Å². The summed E-state index contributed by atoms with van der Waals surface area (Å²) in [6.45, 7) is 5.69. The number of hydrogen-bond acceptors (Lipinski definition) is 9. The summed E-state index contributed by atoms with van der Waals surface area (Å²) in [6.07, 6.45) is 2.73. The van der Waals surface area contributed by atoms with E-state index < -0.39 is 23.5 Å². The van der Waals surface area contributed by atoms with Crippen LogP contribution >= 0.6 is 12.4 Å². The number of esters is 2. The summed E-state index contributed by atoms with van der Waals surface area (Å²) >= 11 is 0. The molecule has 0 fully saturated rings. The molecule has 0 aliphatic heterocycles. The van der Waals surface area contributed by atoms with Gasteiger partial charge in [0.05, 0.1) is 19.5 Å². The van der Waals surface area contributed by atoms with E-state index in [9.17, 15) is 14.4 Å². The van der Waals surface area contributed by atoms with E-state index in [4.69, 9.17) is 20.9 Å². The van der Waals surface area contributed by atoms with Crippen molar-refractivity contribution in [3.8, 4) is 0 Å². The van der Waals surface area contributed by atoms with Crippen molar-refractivity contribution >= 4 is 41.5 Å². The minimum absolute atomic E-state index is 0. The number of halogens is 1. The van der Waals surface area contributed by atoms with Crippen molar-refractivity contribution in [1.29, 1.82) is 0 Å². The molecule has 2 aromatic rings. The van der Waals surface area contributed by atoms with E-state index in [1.165, 1.54) is 13.3 Å².